The number of rotatable bonds is 6. The number of hydrogen-bond acceptors (Lipinski definition) is 5. The van der Waals surface area contributed by atoms with Crippen molar-refractivity contribution in [3.63, 3.8) is 0 Å². The molecule has 1 N–H and O–H groups in total. The Labute approximate surface area is 198 Å². The van der Waals surface area contributed by atoms with Crippen molar-refractivity contribution in [2.45, 2.75) is 26.4 Å². The van der Waals surface area contributed by atoms with Crippen LogP contribution < -0.4 is 10.1 Å². The summed E-state index contributed by atoms with van der Waals surface area (Å²) < 4.78 is 11.3. The van der Waals surface area contributed by atoms with E-state index in [2.05, 4.69) is 5.32 Å². The molecule has 0 saturated heterocycles. The van der Waals surface area contributed by atoms with Gasteiger partial charge in [0.2, 0.25) is 0 Å². The van der Waals surface area contributed by atoms with Crippen LogP contribution in [0.2, 0.25) is 0 Å². The summed E-state index contributed by atoms with van der Waals surface area (Å²) in [6.07, 6.45) is 0. The summed E-state index contributed by atoms with van der Waals surface area (Å²) in [6, 6.07) is 25.1. The monoisotopic (exact) mass is 451 g/mol. The van der Waals surface area contributed by atoms with Gasteiger partial charge in [0, 0.05) is 28.3 Å². The van der Waals surface area contributed by atoms with Gasteiger partial charge in [-0.1, -0.05) is 66.7 Å². The van der Waals surface area contributed by atoms with Crippen molar-refractivity contribution >= 4 is 17.4 Å². The van der Waals surface area contributed by atoms with Gasteiger partial charge in [-0.2, -0.15) is 0 Å². The van der Waals surface area contributed by atoms with Crippen molar-refractivity contribution in [3.8, 4) is 5.75 Å². The van der Waals surface area contributed by atoms with E-state index in [1.807, 2.05) is 85.8 Å². The maximum Gasteiger partial charge on any atom is 0.336 e. The smallest absolute Gasteiger partial charge is 0.336 e. The minimum Gasteiger partial charge on any atom is -0.489 e. The zero-order chi connectivity index (χ0) is 23.7. The first-order valence-electron chi connectivity index (χ1n) is 11.4. The molecule has 1 aliphatic heterocycles. The van der Waals surface area contributed by atoms with Crippen LogP contribution in [0.3, 0.4) is 0 Å². The highest BCUT2D eigenvalue weighted by Gasteiger charge is 2.42. The van der Waals surface area contributed by atoms with Crippen molar-refractivity contribution in [3.05, 3.63) is 118 Å². The van der Waals surface area contributed by atoms with E-state index in [0.717, 1.165) is 28.1 Å². The van der Waals surface area contributed by atoms with E-state index in [-0.39, 0.29) is 12.4 Å². The molecular formula is C29H25NO4. The number of allylic oxidation sites excluding steroid dienone is 2. The van der Waals surface area contributed by atoms with Crippen LogP contribution >= 0.6 is 0 Å². The maximum atomic E-state index is 13.5. The molecule has 170 valence electrons. The Bertz CT molecular complexity index is 1320. The molecule has 1 atom stereocenters. The first-order valence-corrected chi connectivity index (χ1v) is 11.4. The Kier molecular flexibility index (Phi) is 5.76. The number of carbonyl (C=O) groups is 2. The fourth-order valence-corrected chi connectivity index (χ4v) is 4.64. The Morgan fingerprint density at radius 1 is 0.912 bits per heavy atom. The van der Waals surface area contributed by atoms with Gasteiger partial charge >= 0.3 is 5.97 Å². The molecule has 0 saturated carbocycles. The minimum absolute atomic E-state index is 0.0678. The van der Waals surface area contributed by atoms with E-state index < -0.39 is 11.9 Å². The molecule has 0 spiro atoms. The van der Waals surface area contributed by atoms with E-state index in [9.17, 15) is 9.59 Å². The van der Waals surface area contributed by atoms with Gasteiger partial charge in [0.25, 0.3) is 0 Å². The average molecular weight is 452 g/mol. The molecule has 34 heavy (non-hydrogen) atoms. The summed E-state index contributed by atoms with van der Waals surface area (Å²) in [5.74, 6) is -0.299. The lowest BCUT2D eigenvalue weighted by molar-refractivity contribution is -0.138. The van der Waals surface area contributed by atoms with Crippen molar-refractivity contribution in [1.29, 1.82) is 0 Å². The number of fused-ring (bicyclic) bond motifs is 2. The maximum absolute atomic E-state index is 13.5. The Morgan fingerprint density at radius 2 is 1.59 bits per heavy atom. The van der Waals surface area contributed by atoms with E-state index in [4.69, 9.17) is 9.47 Å². The number of benzene rings is 3. The number of nitrogens with one attached hydrogen (secondary N) is 1. The Balaban J connectivity index is 1.51. The first-order chi connectivity index (χ1) is 16.6. The van der Waals surface area contributed by atoms with Crippen LogP contribution in [0.5, 0.6) is 5.75 Å². The summed E-state index contributed by atoms with van der Waals surface area (Å²) in [5, 5.41) is 3.32. The van der Waals surface area contributed by atoms with E-state index in [0.29, 0.717) is 29.0 Å². The van der Waals surface area contributed by atoms with Gasteiger partial charge < -0.3 is 14.8 Å². The predicted molar refractivity (Wildman–Crippen MR) is 130 cm³/mol. The lowest BCUT2D eigenvalue weighted by atomic mass is 9.80. The number of carbonyl (C=O) groups excluding carboxylic acids is 2. The van der Waals surface area contributed by atoms with Gasteiger partial charge in [0.05, 0.1) is 17.9 Å². The van der Waals surface area contributed by atoms with Gasteiger partial charge in [-0.05, 0) is 37.1 Å². The molecule has 0 radical (unpaired) electrons. The molecule has 5 nitrogen and oxygen atoms in total. The van der Waals surface area contributed by atoms with Crippen LogP contribution in [0.1, 0.15) is 46.8 Å². The topological polar surface area (TPSA) is 64.6 Å². The lowest BCUT2D eigenvalue weighted by Crippen LogP contribution is -2.29. The summed E-state index contributed by atoms with van der Waals surface area (Å²) in [6.45, 7) is 4.35. The van der Waals surface area contributed by atoms with Crippen molar-refractivity contribution in [2.24, 2.45) is 0 Å². The van der Waals surface area contributed by atoms with Crippen molar-refractivity contribution in [2.75, 3.05) is 6.61 Å². The van der Waals surface area contributed by atoms with E-state index in [1.165, 1.54) is 0 Å². The summed E-state index contributed by atoms with van der Waals surface area (Å²) in [4.78, 5) is 26.5. The number of Topliss-reactive ketones (excluding diaryl/α,β-unsaturated/α-hetero) is 1. The highest BCUT2D eigenvalue weighted by molar-refractivity contribution is 6.23. The molecule has 0 aromatic heterocycles. The van der Waals surface area contributed by atoms with Gasteiger partial charge in [0.1, 0.15) is 12.4 Å². The summed E-state index contributed by atoms with van der Waals surface area (Å²) >= 11 is 0. The molecule has 3 aromatic carbocycles. The summed E-state index contributed by atoms with van der Waals surface area (Å²) in [7, 11) is 0. The quantitative estimate of drug-likeness (QED) is 0.509. The van der Waals surface area contributed by atoms with Gasteiger partial charge in [-0.15, -0.1) is 0 Å². The van der Waals surface area contributed by atoms with Gasteiger partial charge in [0.15, 0.2) is 5.78 Å². The standard InChI is InChI=1S/C29H25NO4/c1-3-33-29(32)24-18(2)30-27-22-11-7-8-12-23(22)28(31)26(27)25(24)20-13-15-21(16-14-20)34-17-19-9-5-4-6-10-19/h4-16,25,30H,3,17H2,1-2H3/t25-/m0/s1. The van der Waals surface area contributed by atoms with Crippen LogP contribution in [-0.4, -0.2) is 18.4 Å². The molecule has 3 aromatic rings. The third-order valence-corrected chi connectivity index (χ3v) is 6.21. The van der Waals surface area contributed by atoms with Gasteiger partial charge in [-0.3, -0.25) is 4.79 Å². The highest BCUT2D eigenvalue weighted by atomic mass is 16.5. The molecule has 1 heterocycles. The van der Waals surface area contributed by atoms with Gasteiger partial charge in [-0.25, -0.2) is 4.79 Å². The van der Waals surface area contributed by atoms with Crippen LogP contribution in [0.25, 0.3) is 5.70 Å². The van der Waals surface area contributed by atoms with Crippen molar-refractivity contribution < 1.29 is 19.1 Å². The molecule has 0 unspecified atom stereocenters. The molecule has 5 heteroatoms. The number of esters is 1. The largest absolute Gasteiger partial charge is 0.489 e. The van der Waals surface area contributed by atoms with E-state index >= 15 is 0 Å². The molecule has 5 rings (SSSR count). The zero-order valence-electron chi connectivity index (χ0n) is 19.1. The Morgan fingerprint density at radius 3 is 2.29 bits per heavy atom. The van der Waals surface area contributed by atoms with Crippen LogP contribution in [0, 0.1) is 0 Å². The predicted octanol–water partition coefficient (Wildman–Crippen LogP) is 5.40. The van der Waals surface area contributed by atoms with E-state index in [1.54, 1.807) is 6.92 Å². The molecular weight excluding hydrogens is 426 g/mol. The second-order valence-electron chi connectivity index (χ2n) is 8.32. The fraction of sp³-hybridized carbons (Fsp3) is 0.172. The summed E-state index contributed by atoms with van der Waals surface area (Å²) in [5.41, 5.74) is 5.91. The number of hydrogen-bond donors (Lipinski definition) is 1. The molecule has 1 aliphatic carbocycles. The fourth-order valence-electron chi connectivity index (χ4n) is 4.64. The average Bonchev–Trinajstić information content (AvgIpc) is 3.14. The van der Waals surface area contributed by atoms with Crippen LogP contribution in [0.4, 0.5) is 0 Å². The zero-order valence-corrected chi connectivity index (χ0v) is 19.1. The normalized spacial score (nSPS) is 16.6. The third-order valence-electron chi connectivity index (χ3n) is 6.21. The number of ether oxygens (including phenoxy) is 2. The second kappa shape index (κ2) is 9.02. The van der Waals surface area contributed by atoms with Crippen LogP contribution in [-0.2, 0) is 16.1 Å². The number of dihydropyridines is 1. The minimum atomic E-state index is -0.529. The number of ketones is 1. The third kappa shape index (κ3) is 3.79. The molecule has 0 fully saturated rings. The molecule has 0 bridgehead atoms. The lowest BCUT2D eigenvalue weighted by Gasteiger charge is -2.29. The highest BCUT2D eigenvalue weighted by Crippen LogP contribution is 2.46. The van der Waals surface area contributed by atoms with Crippen molar-refractivity contribution in [1.82, 2.24) is 5.32 Å². The molecule has 0 amide bonds. The Hall–Kier alpha value is -4.12. The second-order valence-corrected chi connectivity index (χ2v) is 8.32. The van der Waals surface area contributed by atoms with Crippen LogP contribution in [0.15, 0.2) is 95.7 Å². The SMILES string of the molecule is CCOC(=O)C1=C(C)NC2=C(C(=O)c3ccccc32)[C@H]1c1ccc(OCc2ccccc2)cc1. The molecule has 2 aliphatic rings. The first kappa shape index (κ1) is 21.7.